The SMILES string of the molecule is COc1cc(C)cc(-c2cc(N[C@H]3CC[C@H](N)C3)n3nccc3n2)c1. The normalized spacial score (nSPS) is 20.1. The zero-order valence-electron chi connectivity index (χ0n) is 14.6. The number of fused-ring (bicyclic) bond motifs is 1. The van der Waals surface area contributed by atoms with Crippen molar-refractivity contribution in [2.75, 3.05) is 12.4 Å². The summed E-state index contributed by atoms with van der Waals surface area (Å²) in [4.78, 5) is 4.75. The highest BCUT2D eigenvalue weighted by atomic mass is 16.5. The summed E-state index contributed by atoms with van der Waals surface area (Å²) < 4.78 is 7.25. The number of hydrogen-bond donors (Lipinski definition) is 2. The van der Waals surface area contributed by atoms with Crippen molar-refractivity contribution in [3.05, 3.63) is 42.1 Å². The van der Waals surface area contributed by atoms with Gasteiger partial charge in [-0.25, -0.2) is 4.98 Å². The van der Waals surface area contributed by atoms with Crippen LogP contribution in [-0.2, 0) is 0 Å². The summed E-state index contributed by atoms with van der Waals surface area (Å²) in [6.45, 7) is 2.06. The van der Waals surface area contributed by atoms with Crippen LogP contribution in [0.2, 0.25) is 0 Å². The van der Waals surface area contributed by atoms with Crippen LogP contribution in [0.5, 0.6) is 5.75 Å². The second kappa shape index (κ2) is 6.37. The number of methoxy groups -OCH3 is 1. The Morgan fingerprint density at radius 1 is 1.24 bits per heavy atom. The first-order chi connectivity index (χ1) is 12.1. The lowest BCUT2D eigenvalue weighted by Crippen LogP contribution is -2.22. The minimum absolute atomic E-state index is 0.285. The monoisotopic (exact) mass is 337 g/mol. The molecule has 0 bridgehead atoms. The molecule has 2 atom stereocenters. The Morgan fingerprint density at radius 2 is 2.12 bits per heavy atom. The number of ether oxygens (including phenoxy) is 1. The lowest BCUT2D eigenvalue weighted by molar-refractivity contribution is 0.414. The average molecular weight is 337 g/mol. The van der Waals surface area contributed by atoms with Gasteiger partial charge in [-0.15, -0.1) is 0 Å². The molecule has 4 rings (SSSR count). The third kappa shape index (κ3) is 3.17. The molecule has 1 aromatic carbocycles. The van der Waals surface area contributed by atoms with Crippen LogP contribution in [0.1, 0.15) is 24.8 Å². The fourth-order valence-electron chi connectivity index (χ4n) is 3.53. The predicted molar refractivity (Wildman–Crippen MR) is 98.9 cm³/mol. The van der Waals surface area contributed by atoms with Crippen LogP contribution >= 0.6 is 0 Å². The quantitative estimate of drug-likeness (QED) is 0.765. The Kier molecular flexibility index (Phi) is 4.05. The van der Waals surface area contributed by atoms with E-state index in [0.29, 0.717) is 6.04 Å². The van der Waals surface area contributed by atoms with Crippen LogP contribution in [0, 0.1) is 6.92 Å². The van der Waals surface area contributed by atoms with Crippen molar-refractivity contribution in [2.45, 2.75) is 38.3 Å². The summed E-state index contributed by atoms with van der Waals surface area (Å²) >= 11 is 0. The summed E-state index contributed by atoms with van der Waals surface area (Å²) in [6, 6.07) is 10.8. The number of benzene rings is 1. The standard InChI is InChI=1S/C19H23N5O/c1-12-7-13(9-16(8-12)25-2)17-11-19(22-15-4-3-14(20)10-15)24-18(23-17)5-6-21-24/h5-9,11,14-15,22H,3-4,10,20H2,1-2H3/t14-,15-/m0/s1. The lowest BCUT2D eigenvalue weighted by atomic mass is 10.1. The molecule has 2 heterocycles. The van der Waals surface area contributed by atoms with Crippen molar-refractivity contribution in [3.8, 4) is 17.0 Å². The molecule has 1 aliphatic rings. The molecule has 0 saturated heterocycles. The summed E-state index contributed by atoms with van der Waals surface area (Å²) in [5.74, 6) is 1.78. The molecule has 25 heavy (non-hydrogen) atoms. The summed E-state index contributed by atoms with van der Waals surface area (Å²) in [5.41, 5.74) is 9.95. The van der Waals surface area contributed by atoms with Gasteiger partial charge < -0.3 is 15.8 Å². The highest BCUT2D eigenvalue weighted by Crippen LogP contribution is 2.28. The molecule has 0 aliphatic heterocycles. The first kappa shape index (κ1) is 15.9. The lowest BCUT2D eigenvalue weighted by Gasteiger charge is -2.16. The molecule has 6 heteroatoms. The van der Waals surface area contributed by atoms with E-state index in [4.69, 9.17) is 15.5 Å². The second-order valence-electron chi connectivity index (χ2n) is 6.78. The fourth-order valence-corrected chi connectivity index (χ4v) is 3.53. The number of aryl methyl sites for hydroxylation is 1. The molecule has 3 N–H and O–H groups in total. The maximum absolute atomic E-state index is 6.05. The van der Waals surface area contributed by atoms with Gasteiger partial charge in [0.25, 0.3) is 0 Å². The molecule has 3 aromatic rings. The number of anilines is 1. The zero-order chi connectivity index (χ0) is 17.4. The third-order valence-corrected chi connectivity index (χ3v) is 4.77. The van der Waals surface area contributed by atoms with Gasteiger partial charge in [0, 0.05) is 29.8 Å². The molecule has 0 radical (unpaired) electrons. The number of nitrogens with zero attached hydrogens (tertiary/aromatic N) is 3. The van der Waals surface area contributed by atoms with Crippen LogP contribution < -0.4 is 15.8 Å². The van der Waals surface area contributed by atoms with Crippen molar-refractivity contribution >= 4 is 11.5 Å². The average Bonchev–Trinajstić information content (AvgIpc) is 3.23. The van der Waals surface area contributed by atoms with E-state index in [9.17, 15) is 0 Å². The molecular weight excluding hydrogens is 314 g/mol. The van der Waals surface area contributed by atoms with E-state index < -0.39 is 0 Å². The van der Waals surface area contributed by atoms with Gasteiger partial charge in [0.05, 0.1) is 19.0 Å². The largest absolute Gasteiger partial charge is 0.497 e. The topological polar surface area (TPSA) is 77.5 Å². The highest BCUT2D eigenvalue weighted by Gasteiger charge is 2.22. The first-order valence-corrected chi connectivity index (χ1v) is 8.65. The van der Waals surface area contributed by atoms with E-state index in [2.05, 4.69) is 29.5 Å². The van der Waals surface area contributed by atoms with Gasteiger partial charge in [0.2, 0.25) is 0 Å². The van der Waals surface area contributed by atoms with Crippen LogP contribution in [0.3, 0.4) is 0 Å². The maximum atomic E-state index is 6.05. The number of nitrogens with one attached hydrogen (secondary N) is 1. The number of rotatable bonds is 4. The van der Waals surface area contributed by atoms with Gasteiger partial charge in [0.15, 0.2) is 5.65 Å². The minimum atomic E-state index is 0.285. The number of hydrogen-bond acceptors (Lipinski definition) is 5. The second-order valence-corrected chi connectivity index (χ2v) is 6.78. The Morgan fingerprint density at radius 3 is 2.88 bits per heavy atom. The Hall–Kier alpha value is -2.60. The molecule has 1 aliphatic carbocycles. The van der Waals surface area contributed by atoms with E-state index >= 15 is 0 Å². The Balaban J connectivity index is 1.76. The molecule has 1 saturated carbocycles. The molecule has 130 valence electrons. The van der Waals surface area contributed by atoms with E-state index in [1.54, 1.807) is 13.3 Å². The van der Waals surface area contributed by atoms with Gasteiger partial charge in [-0.05, 0) is 49.9 Å². The first-order valence-electron chi connectivity index (χ1n) is 8.65. The Labute approximate surface area is 147 Å². The van der Waals surface area contributed by atoms with Crippen molar-refractivity contribution in [1.82, 2.24) is 14.6 Å². The van der Waals surface area contributed by atoms with Crippen molar-refractivity contribution in [3.63, 3.8) is 0 Å². The van der Waals surface area contributed by atoms with E-state index in [-0.39, 0.29) is 6.04 Å². The minimum Gasteiger partial charge on any atom is -0.497 e. The van der Waals surface area contributed by atoms with Crippen LogP contribution in [0.4, 0.5) is 5.82 Å². The third-order valence-electron chi connectivity index (χ3n) is 4.77. The fraction of sp³-hybridized carbons (Fsp3) is 0.368. The molecule has 0 unspecified atom stereocenters. The van der Waals surface area contributed by atoms with Crippen molar-refractivity contribution in [1.29, 1.82) is 0 Å². The predicted octanol–water partition coefficient (Wildman–Crippen LogP) is 3.01. The summed E-state index contributed by atoms with van der Waals surface area (Å²) in [6.07, 6.45) is 4.90. The molecular formula is C19H23N5O. The van der Waals surface area contributed by atoms with Crippen molar-refractivity contribution in [2.24, 2.45) is 5.73 Å². The number of nitrogens with two attached hydrogens (primary N) is 1. The number of aromatic nitrogens is 3. The van der Waals surface area contributed by atoms with Gasteiger partial charge in [-0.2, -0.15) is 9.61 Å². The van der Waals surface area contributed by atoms with Gasteiger partial charge in [-0.3, -0.25) is 0 Å². The summed E-state index contributed by atoms with van der Waals surface area (Å²) in [7, 11) is 1.68. The van der Waals surface area contributed by atoms with Gasteiger partial charge in [0.1, 0.15) is 11.6 Å². The molecule has 6 nitrogen and oxygen atoms in total. The van der Waals surface area contributed by atoms with Crippen LogP contribution in [-0.4, -0.2) is 33.8 Å². The van der Waals surface area contributed by atoms with E-state index in [1.807, 2.05) is 22.7 Å². The van der Waals surface area contributed by atoms with E-state index in [1.165, 1.54) is 0 Å². The highest BCUT2D eigenvalue weighted by molar-refractivity contribution is 5.68. The smallest absolute Gasteiger partial charge is 0.157 e. The van der Waals surface area contributed by atoms with Crippen LogP contribution in [0.25, 0.3) is 16.9 Å². The molecule has 0 spiro atoms. The molecule has 2 aromatic heterocycles. The van der Waals surface area contributed by atoms with Gasteiger partial charge >= 0.3 is 0 Å². The van der Waals surface area contributed by atoms with Gasteiger partial charge in [-0.1, -0.05) is 0 Å². The Bertz CT molecular complexity index is 904. The molecule has 0 amide bonds. The zero-order valence-corrected chi connectivity index (χ0v) is 14.6. The van der Waals surface area contributed by atoms with Crippen LogP contribution in [0.15, 0.2) is 36.5 Å². The van der Waals surface area contributed by atoms with Crippen molar-refractivity contribution < 1.29 is 4.74 Å². The maximum Gasteiger partial charge on any atom is 0.157 e. The summed E-state index contributed by atoms with van der Waals surface area (Å²) in [5, 5.41) is 8.00. The van der Waals surface area contributed by atoms with E-state index in [0.717, 1.165) is 53.3 Å². The molecule has 1 fully saturated rings.